The second-order valence-corrected chi connectivity index (χ2v) is 2.45. The van der Waals surface area contributed by atoms with Crippen LogP contribution in [0.3, 0.4) is 0 Å². The van der Waals surface area contributed by atoms with Crippen molar-refractivity contribution in [3.05, 3.63) is 0 Å². The second-order valence-electron chi connectivity index (χ2n) is 2.45. The molecule has 0 atom stereocenters. The molecule has 0 aromatic carbocycles. The van der Waals surface area contributed by atoms with Gasteiger partial charge in [0, 0.05) is 26.0 Å². The topological polar surface area (TPSA) is 55.8 Å². The molecular weight excluding hydrogens is 143 g/mol. The van der Waals surface area contributed by atoms with E-state index < -0.39 is 11.6 Å². The summed E-state index contributed by atoms with van der Waals surface area (Å²) in [6.07, 6.45) is 0.0312. The normalized spacial score (nSPS) is 19.7. The van der Waals surface area contributed by atoms with Gasteiger partial charge >= 0.3 is 5.97 Å². The second kappa shape index (κ2) is 4.12. The zero-order chi connectivity index (χ0) is 7.61. The maximum atomic E-state index is 10.2. The van der Waals surface area contributed by atoms with Crippen molar-refractivity contribution in [2.45, 2.75) is 12.0 Å². The van der Waals surface area contributed by atoms with Crippen molar-refractivity contribution in [3.8, 4) is 0 Å². The van der Waals surface area contributed by atoms with E-state index in [0.29, 0.717) is 13.2 Å². The Labute approximate surface area is 77.0 Å². The zero-order valence-corrected chi connectivity index (χ0v) is 6.79. The molecule has 0 amide bonds. The van der Waals surface area contributed by atoms with Gasteiger partial charge in [0.05, 0.1) is 19.6 Å². The average Bonchev–Trinajstić information content (AvgIpc) is 1.78. The molecule has 0 bridgehead atoms. The van der Waals surface area contributed by atoms with E-state index in [4.69, 9.17) is 14.6 Å². The molecule has 0 aliphatic carbocycles. The Morgan fingerprint density at radius 2 is 2.27 bits per heavy atom. The molecular formula is C6H10LiO4. The Morgan fingerprint density at radius 3 is 2.36 bits per heavy atom. The molecule has 59 valence electrons. The van der Waals surface area contributed by atoms with Crippen LogP contribution in [0.1, 0.15) is 6.42 Å². The minimum atomic E-state index is -0.842. The third-order valence-corrected chi connectivity index (χ3v) is 1.64. The number of rotatable bonds is 3. The first-order chi connectivity index (χ1) is 4.68. The molecule has 1 saturated heterocycles. The first kappa shape index (κ1) is 11.0. The molecule has 0 aromatic rings. The predicted molar refractivity (Wildman–Crippen MR) is 38.6 cm³/mol. The monoisotopic (exact) mass is 153 g/mol. The van der Waals surface area contributed by atoms with Crippen LogP contribution in [-0.2, 0) is 14.3 Å². The Hall–Kier alpha value is -0.0126. The van der Waals surface area contributed by atoms with Crippen LogP contribution in [0.15, 0.2) is 0 Å². The first-order valence-electron chi connectivity index (χ1n) is 3.03. The molecule has 0 spiro atoms. The number of hydrogen-bond acceptors (Lipinski definition) is 3. The maximum Gasteiger partial charge on any atom is 0.306 e. The van der Waals surface area contributed by atoms with Gasteiger partial charge in [0.1, 0.15) is 5.60 Å². The molecule has 1 fully saturated rings. The number of carbonyl (C=O) groups is 1. The van der Waals surface area contributed by atoms with Crippen LogP contribution >= 0.6 is 0 Å². The van der Waals surface area contributed by atoms with E-state index in [0.717, 1.165) is 0 Å². The fourth-order valence-corrected chi connectivity index (χ4v) is 0.897. The molecule has 0 aromatic heterocycles. The van der Waals surface area contributed by atoms with Crippen molar-refractivity contribution in [1.82, 2.24) is 0 Å². The third kappa shape index (κ3) is 2.49. The van der Waals surface area contributed by atoms with Gasteiger partial charge in [-0.05, 0) is 0 Å². The van der Waals surface area contributed by atoms with Crippen LogP contribution in [0, 0.1) is 0 Å². The molecule has 1 heterocycles. The van der Waals surface area contributed by atoms with Crippen LogP contribution in [0.5, 0.6) is 0 Å². The van der Waals surface area contributed by atoms with Gasteiger partial charge in [-0.2, -0.15) is 0 Å². The Kier molecular flexibility index (Phi) is 4.12. The van der Waals surface area contributed by atoms with Crippen molar-refractivity contribution in [1.29, 1.82) is 0 Å². The summed E-state index contributed by atoms with van der Waals surface area (Å²) in [5.74, 6) is -0.842. The van der Waals surface area contributed by atoms with Crippen LogP contribution in [0.25, 0.3) is 0 Å². The van der Waals surface area contributed by atoms with Gasteiger partial charge < -0.3 is 14.6 Å². The molecule has 1 aliphatic heterocycles. The van der Waals surface area contributed by atoms with Crippen molar-refractivity contribution in [3.63, 3.8) is 0 Å². The van der Waals surface area contributed by atoms with E-state index in [1.54, 1.807) is 0 Å². The fraction of sp³-hybridized carbons (Fsp3) is 0.833. The van der Waals surface area contributed by atoms with E-state index in [1.807, 2.05) is 0 Å². The summed E-state index contributed by atoms with van der Waals surface area (Å²) in [5, 5.41) is 8.41. The summed E-state index contributed by atoms with van der Waals surface area (Å²) in [7, 11) is 1.51. The van der Waals surface area contributed by atoms with Crippen LogP contribution < -0.4 is 0 Å². The zero-order valence-electron chi connectivity index (χ0n) is 6.79. The Bertz CT molecular complexity index is 138. The number of ether oxygens (including phenoxy) is 2. The third-order valence-electron chi connectivity index (χ3n) is 1.64. The minimum absolute atomic E-state index is 0. The molecule has 1 N–H and O–H groups in total. The summed E-state index contributed by atoms with van der Waals surface area (Å²) >= 11 is 0. The summed E-state index contributed by atoms with van der Waals surface area (Å²) in [5.41, 5.74) is -0.536. The van der Waals surface area contributed by atoms with Gasteiger partial charge in [-0.1, -0.05) is 0 Å². The van der Waals surface area contributed by atoms with Gasteiger partial charge in [0.25, 0.3) is 0 Å². The first-order valence-corrected chi connectivity index (χ1v) is 3.03. The van der Waals surface area contributed by atoms with Crippen molar-refractivity contribution >= 4 is 24.8 Å². The molecule has 1 aliphatic rings. The van der Waals surface area contributed by atoms with Gasteiger partial charge in [0.15, 0.2) is 0 Å². The molecule has 11 heavy (non-hydrogen) atoms. The van der Waals surface area contributed by atoms with E-state index in [9.17, 15) is 4.79 Å². The quantitative estimate of drug-likeness (QED) is 0.555. The van der Waals surface area contributed by atoms with Gasteiger partial charge in [-0.25, -0.2) is 0 Å². The molecule has 1 radical (unpaired) electrons. The Balaban J connectivity index is 0.000001000. The van der Waals surface area contributed by atoms with Crippen molar-refractivity contribution in [2.75, 3.05) is 20.3 Å². The fourth-order valence-electron chi connectivity index (χ4n) is 0.897. The molecule has 4 nitrogen and oxygen atoms in total. The minimum Gasteiger partial charge on any atom is -0.481 e. The average molecular weight is 153 g/mol. The summed E-state index contributed by atoms with van der Waals surface area (Å²) in [4.78, 5) is 10.2. The summed E-state index contributed by atoms with van der Waals surface area (Å²) in [6, 6.07) is 0. The van der Waals surface area contributed by atoms with Crippen LogP contribution in [0.2, 0.25) is 0 Å². The summed E-state index contributed by atoms with van der Waals surface area (Å²) < 4.78 is 9.82. The van der Waals surface area contributed by atoms with E-state index >= 15 is 0 Å². The largest absolute Gasteiger partial charge is 0.481 e. The Morgan fingerprint density at radius 1 is 1.73 bits per heavy atom. The predicted octanol–water partition coefficient (Wildman–Crippen LogP) is -0.504. The van der Waals surface area contributed by atoms with E-state index in [-0.39, 0.29) is 25.3 Å². The number of carboxylic acids is 1. The SMILES string of the molecule is COC1(CC(=O)O)COC1.[Li]. The van der Waals surface area contributed by atoms with Crippen molar-refractivity contribution in [2.24, 2.45) is 0 Å². The summed E-state index contributed by atoms with van der Waals surface area (Å²) in [6.45, 7) is 0.797. The number of aliphatic carboxylic acids is 1. The number of methoxy groups -OCH3 is 1. The van der Waals surface area contributed by atoms with Gasteiger partial charge in [0.2, 0.25) is 0 Å². The van der Waals surface area contributed by atoms with E-state index in [2.05, 4.69) is 0 Å². The van der Waals surface area contributed by atoms with Crippen LogP contribution in [0.4, 0.5) is 0 Å². The molecule has 0 saturated carbocycles. The smallest absolute Gasteiger partial charge is 0.306 e. The van der Waals surface area contributed by atoms with Gasteiger partial charge in [-0.3, -0.25) is 4.79 Å². The van der Waals surface area contributed by atoms with E-state index in [1.165, 1.54) is 7.11 Å². The molecule has 0 unspecified atom stereocenters. The maximum absolute atomic E-state index is 10.2. The molecule has 5 heteroatoms. The van der Waals surface area contributed by atoms with Crippen molar-refractivity contribution < 1.29 is 19.4 Å². The molecule has 1 rings (SSSR count). The standard InChI is InChI=1S/C6H10O4.Li/c1-9-6(2-5(7)8)3-10-4-6;/h2-4H2,1H3,(H,7,8);. The van der Waals surface area contributed by atoms with Crippen LogP contribution in [-0.4, -0.2) is 55.9 Å². The number of hydrogen-bond donors (Lipinski definition) is 1. The van der Waals surface area contributed by atoms with Gasteiger partial charge in [-0.15, -0.1) is 0 Å². The number of carboxylic acid groups (broad SMARTS) is 1.